The van der Waals surface area contributed by atoms with Crippen molar-refractivity contribution >= 4 is 17.8 Å². The lowest BCUT2D eigenvalue weighted by Gasteiger charge is -2.31. The van der Waals surface area contributed by atoms with Crippen LogP contribution in [0.5, 0.6) is 0 Å². The number of amides is 3. The van der Waals surface area contributed by atoms with Gasteiger partial charge in [0.05, 0.1) is 0 Å². The van der Waals surface area contributed by atoms with Crippen LogP contribution in [0.15, 0.2) is 16.9 Å². The molecule has 1 aliphatic carbocycles. The van der Waals surface area contributed by atoms with E-state index in [-0.39, 0.29) is 17.9 Å². The lowest BCUT2D eigenvalue weighted by molar-refractivity contribution is -0.121. The summed E-state index contributed by atoms with van der Waals surface area (Å²) in [4.78, 5) is 25.7. The highest BCUT2D eigenvalue weighted by atomic mass is 16.5. The molecule has 1 saturated carbocycles. The van der Waals surface area contributed by atoms with Crippen molar-refractivity contribution in [1.29, 1.82) is 0 Å². The predicted molar refractivity (Wildman–Crippen MR) is 71.0 cm³/mol. The third kappa shape index (κ3) is 3.09. The van der Waals surface area contributed by atoms with Crippen LogP contribution in [-0.4, -0.2) is 41.1 Å². The number of nitrogens with zero attached hydrogens (tertiary/aromatic N) is 2. The molecule has 0 aromatic carbocycles. The summed E-state index contributed by atoms with van der Waals surface area (Å²) in [6.07, 6.45) is 4.95. The lowest BCUT2D eigenvalue weighted by atomic mass is 9.96. The van der Waals surface area contributed by atoms with Gasteiger partial charge < -0.3 is 20.1 Å². The summed E-state index contributed by atoms with van der Waals surface area (Å²) in [5.41, 5.74) is 0. The van der Waals surface area contributed by atoms with Crippen molar-refractivity contribution in [3.63, 3.8) is 0 Å². The van der Waals surface area contributed by atoms with Crippen LogP contribution in [0.25, 0.3) is 0 Å². The molecule has 7 nitrogen and oxygen atoms in total. The minimum absolute atomic E-state index is 0.00265. The highest BCUT2D eigenvalue weighted by Gasteiger charge is 2.30. The van der Waals surface area contributed by atoms with E-state index in [1.807, 2.05) is 0 Å². The third-order valence-electron chi connectivity index (χ3n) is 3.75. The van der Waals surface area contributed by atoms with Crippen molar-refractivity contribution in [2.45, 2.75) is 31.7 Å². The molecule has 7 heteroatoms. The summed E-state index contributed by atoms with van der Waals surface area (Å²) in [5.74, 6) is 0.307. The molecule has 3 amide bonds. The molecular formula is C13H18N4O3. The maximum absolute atomic E-state index is 12.0. The van der Waals surface area contributed by atoms with Gasteiger partial charge in [0.2, 0.25) is 5.91 Å². The van der Waals surface area contributed by atoms with E-state index in [4.69, 9.17) is 0 Å². The Balaban J connectivity index is 1.45. The van der Waals surface area contributed by atoms with E-state index in [1.165, 1.54) is 6.26 Å². The summed E-state index contributed by atoms with van der Waals surface area (Å²) >= 11 is 0. The van der Waals surface area contributed by atoms with Gasteiger partial charge in [0, 0.05) is 31.1 Å². The molecule has 0 atom stereocenters. The molecule has 2 fully saturated rings. The standard InChI is InChI=1S/C13H18N4O3/c18-12(15-11-5-8-20-16-11)9-3-6-17(7-4-9)13(19)14-10-1-2-10/h5,8-10H,1-4,6-7H2,(H,14,19)(H,15,16,18). The Labute approximate surface area is 116 Å². The second-order valence-corrected chi connectivity index (χ2v) is 5.36. The Kier molecular flexibility index (Phi) is 3.58. The van der Waals surface area contributed by atoms with Gasteiger partial charge in [0.25, 0.3) is 0 Å². The van der Waals surface area contributed by atoms with Gasteiger partial charge in [-0.25, -0.2) is 4.79 Å². The fourth-order valence-corrected chi connectivity index (χ4v) is 2.34. The summed E-state index contributed by atoms with van der Waals surface area (Å²) in [6.45, 7) is 1.24. The number of carbonyl (C=O) groups is 2. The van der Waals surface area contributed by atoms with Gasteiger partial charge in [-0.3, -0.25) is 4.79 Å². The van der Waals surface area contributed by atoms with Crippen LogP contribution in [0.3, 0.4) is 0 Å². The van der Waals surface area contributed by atoms with Crippen molar-refractivity contribution < 1.29 is 14.1 Å². The van der Waals surface area contributed by atoms with Gasteiger partial charge in [0.1, 0.15) is 6.26 Å². The average Bonchev–Trinajstić information content (AvgIpc) is 3.12. The van der Waals surface area contributed by atoms with Crippen molar-refractivity contribution in [2.75, 3.05) is 18.4 Å². The Bertz CT molecular complexity index is 476. The summed E-state index contributed by atoms with van der Waals surface area (Å²) in [7, 11) is 0. The fourth-order valence-electron chi connectivity index (χ4n) is 2.34. The predicted octanol–water partition coefficient (Wildman–Crippen LogP) is 1.20. The van der Waals surface area contributed by atoms with Gasteiger partial charge in [0.15, 0.2) is 5.82 Å². The number of likely N-dealkylation sites (tertiary alicyclic amines) is 1. The van der Waals surface area contributed by atoms with E-state index < -0.39 is 0 Å². The van der Waals surface area contributed by atoms with E-state index in [9.17, 15) is 9.59 Å². The first-order chi connectivity index (χ1) is 9.72. The van der Waals surface area contributed by atoms with E-state index in [2.05, 4.69) is 20.3 Å². The Hall–Kier alpha value is -2.05. The highest BCUT2D eigenvalue weighted by Crippen LogP contribution is 2.22. The number of piperidine rings is 1. The zero-order chi connectivity index (χ0) is 13.9. The molecule has 20 heavy (non-hydrogen) atoms. The van der Waals surface area contributed by atoms with Crippen molar-refractivity contribution in [1.82, 2.24) is 15.4 Å². The van der Waals surface area contributed by atoms with Crippen LogP contribution in [0.2, 0.25) is 0 Å². The molecule has 0 bridgehead atoms. The van der Waals surface area contributed by atoms with Gasteiger partial charge in [-0.2, -0.15) is 0 Å². The fraction of sp³-hybridized carbons (Fsp3) is 0.615. The number of hydrogen-bond acceptors (Lipinski definition) is 4. The first-order valence-corrected chi connectivity index (χ1v) is 6.99. The largest absolute Gasteiger partial charge is 0.363 e. The second-order valence-electron chi connectivity index (χ2n) is 5.36. The maximum Gasteiger partial charge on any atom is 0.317 e. The molecule has 0 spiro atoms. The van der Waals surface area contributed by atoms with Gasteiger partial charge in [-0.15, -0.1) is 0 Å². The number of nitrogens with one attached hydrogen (secondary N) is 2. The summed E-state index contributed by atoms with van der Waals surface area (Å²) < 4.78 is 4.67. The summed E-state index contributed by atoms with van der Waals surface area (Å²) in [6, 6.07) is 1.98. The molecule has 1 saturated heterocycles. The molecule has 1 aliphatic heterocycles. The Morgan fingerprint density at radius 2 is 2.00 bits per heavy atom. The Morgan fingerprint density at radius 1 is 1.25 bits per heavy atom. The quantitative estimate of drug-likeness (QED) is 0.869. The normalized spacial score (nSPS) is 19.7. The van der Waals surface area contributed by atoms with Crippen molar-refractivity contribution in [2.24, 2.45) is 5.92 Å². The van der Waals surface area contributed by atoms with E-state index in [0.717, 1.165) is 12.8 Å². The first kappa shape index (κ1) is 13.0. The lowest BCUT2D eigenvalue weighted by Crippen LogP contribution is -2.46. The van der Waals surface area contributed by atoms with Gasteiger partial charge in [-0.05, 0) is 25.7 Å². The zero-order valence-corrected chi connectivity index (χ0v) is 11.2. The third-order valence-corrected chi connectivity index (χ3v) is 3.75. The van der Waals surface area contributed by atoms with Crippen LogP contribution >= 0.6 is 0 Å². The zero-order valence-electron chi connectivity index (χ0n) is 11.2. The monoisotopic (exact) mass is 278 g/mol. The number of rotatable bonds is 3. The highest BCUT2D eigenvalue weighted by molar-refractivity contribution is 5.91. The summed E-state index contributed by atoms with van der Waals surface area (Å²) in [5, 5.41) is 9.34. The van der Waals surface area contributed by atoms with Crippen LogP contribution in [-0.2, 0) is 4.79 Å². The minimum atomic E-state index is -0.0725. The van der Waals surface area contributed by atoms with Crippen LogP contribution in [0.4, 0.5) is 10.6 Å². The van der Waals surface area contributed by atoms with Crippen LogP contribution < -0.4 is 10.6 Å². The number of hydrogen-bond donors (Lipinski definition) is 2. The molecule has 3 rings (SSSR count). The number of anilines is 1. The van der Waals surface area contributed by atoms with Gasteiger partial charge >= 0.3 is 6.03 Å². The first-order valence-electron chi connectivity index (χ1n) is 6.99. The molecule has 1 aromatic heterocycles. The maximum atomic E-state index is 12.0. The molecular weight excluding hydrogens is 260 g/mol. The smallest absolute Gasteiger partial charge is 0.317 e. The van der Waals surface area contributed by atoms with Gasteiger partial charge in [-0.1, -0.05) is 5.16 Å². The second kappa shape index (κ2) is 5.52. The number of urea groups is 1. The molecule has 108 valence electrons. The van der Waals surface area contributed by atoms with Crippen LogP contribution in [0, 0.1) is 5.92 Å². The van der Waals surface area contributed by atoms with E-state index in [0.29, 0.717) is 37.8 Å². The topological polar surface area (TPSA) is 87.5 Å². The van der Waals surface area contributed by atoms with Crippen molar-refractivity contribution in [3.8, 4) is 0 Å². The molecule has 2 N–H and O–H groups in total. The van der Waals surface area contributed by atoms with Crippen LogP contribution in [0.1, 0.15) is 25.7 Å². The average molecular weight is 278 g/mol. The number of carbonyl (C=O) groups excluding carboxylic acids is 2. The van der Waals surface area contributed by atoms with Crippen molar-refractivity contribution in [3.05, 3.63) is 12.3 Å². The minimum Gasteiger partial charge on any atom is -0.363 e. The SMILES string of the molecule is O=C(Nc1ccon1)C1CCN(C(=O)NC2CC2)CC1. The molecule has 0 unspecified atom stereocenters. The van der Waals surface area contributed by atoms with E-state index >= 15 is 0 Å². The van der Waals surface area contributed by atoms with E-state index in [1.54, 1.807) is 11.0 Å². The molecule has 1 aromatic rings. The molecule has 0 radical (unpaired) electrons. The number of aromatic nitrogens is 1. The molecule has 2 heterocycles. The molecule has 2 aliphatic rings. The Morgan fingerprint density at radius 3 is 2.60 bits per heavy atom.